The minimum absolute atomic E-state index is 0.331. The summed E-state index contributed by atoms with van der Waals surface area (Å²) in [5.41, 5.74) is 2.48. The molecule has 2 nitrogen and oxygen atoms in total. The van der Waals surface area contributed by atoms with Gasteiger partial charge in [0.05, 0.1) is 10.7 Å². The molecule has 0 saturated heterocycles. The van der Waals surface area contributed by atoms with Crippen molar-refractivity contribution >= 4 is 27.3 Å². The molecule has 108 valence electrons. The molecule has 0 saturated carbocycles. The third-order valence-corrected chi connectivity index (χ3v) is 4.93. The van der Waals surface area contributed by atoms with Crippen molar-refractivity contribution in [3.63, 3.8) is 0 Å². The summed E-state index contributed by atoms with van der Waals surface area (Å²) < 4.78 is 1.13. The molecule has 1 atom stereocenters. The van der Waals surface area contributed by atoms with Crippen molar-refractivity contribution in [2.75, 3.05) is 6.54 Å². The minimum Gasteiger partial charge on any atom is -0.310 e. The van der Waals surface area contributed by atoms with Crippen molar-refractivity contribution in [3.05, 3.63) is 49.9 Å². The van der Waals surface area contributed by atoms with Gasteiger partial charge in [-0.25, -0.2) is 4.98 Å². The molecule has 20 heavy (non-hydrogen) atoms. The fraction of sp³-hybridized carbons (Fsp3) is 0.438. The first kappa shape index (κ1) is 15.7. The van der Waals surface area contributed by atoms with E-state index < -0.39 is 0 Å². The lowest BCUT2D eigenvalue weighted by molar-refractivity contribution is 0.528. The van der Waals surface area contributed by atoms with E-state index in [0.29, 0.717) is 6.04 Å². The summed E-state index contributed by atoms with van der Waals surface area (Å²) >= 11 is 5.37. The summed E-state index contributed by atoms with van der Waals surface area (Å²) in [6, 6.07) is 8.88. The molecular weight excluding hydrogens is 332 g/mol. The van der Waals surface area contributed by atoms with Crippen LogP contribution in [0.25, 0.3) is 0 Å². The van der Waals surface area contributed by atoms with Crippen molar-refractivity contribution < 1.29 is 0 Å². The molecule has 1 aromatic heterocycles. The van der Waals surface area contributed by atoms with Gasteiger partial charge >= 0.3 is 0 Å². The molecule has 1 heterocycles. The Hall–Kier alpha value is -0.710. The second kappa shape index (κ2) is 7.34. The van der Waals surface area contributed by atoms with E-state index in [2.05, 4.69) is 71.3 Å². The molecule has 0 radical (unpaired) electrons. The number of hydrogen-bond donors (Lipinski definition) is 1. The SMILES string of the molecule is CCCNC(Cc1nc(C)c(C)s1)c1cccc(Br)c1. The van der Waals surface area contributed by atoms with Gasteiger partial charge < -0.3 is 5.32 Å². The zero-order chi connectivity index (χ0) is 14.5. The molecule has 0 fully saturated rings. The minimum atomic E-state index is 0.331. The summed E-state index contributed by atoms with van der Waals surface area (Å²) in [4.78, 5) is 6.00. The third kappa shape index (κ3) is 4.14. The summed E-state index contributed by atoms with van der Waals surface area (Å²) in [7, 11) is 0. The Balaban J connectivity index is 2.18. The average Bonchev–Trinajstić information content (AvgIpc) is 2.73. The largest absolute Gasteiger partial charge is 0.310 e. The van der Waals surface area contributed by atoms with E-state index in [0.717, 1.165) is 29.6 Å². The highest BCUT2D eigenvalue weighted by Crippen LogP contribution is 2.25. The lowest BCUT2D eigenvalue weighted by atomic mass is 10.0. The third-order valence-electron chi connectivity index (χ3n) is 3.34. The lowest BCUT2D eigenvalue weighted by Crippen LogP contribution is -2.24. The van der Waals surface area contributed by atoms with Crippen molar-refractivity contribution in [1.29, 1.82) is 0 Å². The van der Waals surface area contributed by atoms with Gasteiger partial charge in [-0.3, -0.25) is 0 Å². The number of halogens is 1. The van der Waals surface area contributed by atoms with E-state index in [1.165, 1.54) is 15.4 Å². The number of thiazole rings is 1. The molecule has 0 spiro atoms. The molecule has 0 aliphatic carbocycles. The molecule has 1 N–H and O–H groups in total. The fourth-order valence-corrected chi connectivity index (χ4v) is 3.55. The van der Waals surface area contributed by atoms with Crippen LogP contribution in [0.5, 0.6) is 0 Å². The zero-order valence-electron chi connectivity index (χ0n) is 12.2. The van der Waals surface area contributed by atoms with Gasteiger partial charge in [0.15, 0.2) is 0 Å². The van der Waals surface area contributed by atoms with Gasteiger partial charge in [0, 0.05) is 21.8 Å². The van der Waals surface area contributed by atoms with Crippen LogP contribution in [0.1, 0.15) is 40.5 Å². The summed E-state index contributed by atoms with van der Waals surface area (Å²) in [5.74, 6) is 0. The Bertz CT molecular complexity index is 546. The van der Waals surface area contributed by atoms with Crippen LogP contribution in [0, 0.1) is 13.8 Å². The molecule has 4 heteroatoms. The van der Waals surface area contributed by atoms with Crippen LogP contribution >= 0.6 is 27.3 Å². The molecule has 1 aromatic carbocycles. The average molecular weight is 353 g/mol. The second-order valence-corrected chi connectivity index (χ2v) is 7.22. The van der Waals surface area contributed by atoms with Gasteiger partial charge in [-0.2, -0.15) is 0 Å². The molecule has 0 aliphatic rings. The Kier molecular flexibility index (Phi) is 5.75. The second-order valence-electron chi connectivity index (χ2n) is 5.02. The van der Waals surface area contributed by atoms with Crippen molar-refractivity contribution in [3.8, 4) is 0 Å². The molecule has 0 aliphatic heterocycles. The first-order valence-electron chi connectivity index (χ1n) is 7.02. The van der Waals surface area contributed by atoms with Gasteiger partial charge in [-0.05, 0) is 44.5 Å². The van der Waals surface area contributed by atoms with E-state index in [1.54, 1.807) is 0 Å². The first-order valence-corrected chi connectivity index (χ1v) is 8.63. The number of benzene rings is 1. The van der Waals surface area contributed by atoms with Gasteiger partial charge in [0.1, 0.15) is 0 Å². The van der Waals surface area contributed by atoms with E-state index in [-0.39, 0.29) is 0 Å². The first-order chi connectivity index (χ1) is 9.60. The molecular formula is C16H21BrN2S. The van der Waals surface area contributed by atoms with E-state index in [4.69, 9.17) is 0 Å². The normalized spacial score (nSPS) is 12.6. The van der Waals surface area contributed by atoms with Crippen LogP contribution in [-0.2, 0) is 6.42 Å². The standard InChI is InChI=1S/C16H21BrN2S/c1-4-8-18-15(13-6-5-7-14(17)9-13)10-16-19-11(2)12(3)20-16/h5-7,9,15,18H,4,8,10H2,1-3H3. The van der Waals surface area contributed by atoms with Crippen LogP contribution in [0.2, 0.25) is 0 Å². The number of nitrogens with one attached hydrogen (secondary N) is 1. The molecule has 2 aromatic rings. The summed E-state index contributed by atoms with van der Waals surface area (Å²) in [6.07, 6.45) is 2.09. The summed E-state index contributed by atoms with van der Waals surface area (Å²) in [5, 5.41) is 4.85. The van der Waals surface area contributed by atoms with Crippen LogP contribution in [0.4, 0.5) is 0 Å². The van der Waals surface area contributed by atoms with Crippen molar-refractivity contribution in [1.82, 2.24) is 10.3 Å². The Morgan fingerprint density at radius 2 is 2.15 bits per heavy atom. The number of hydrogen-bond acceptors (Lipinski definition) is 3. The van der Waals surface area contributed by atoms with E-state index in [1.807, 2.05) is 11.3 Å². The number of aryl methyl sites for hydroxylation is 2. The quantitative estimate of drug-likeness (QED) is 0.806. The van der Waals surface area contributed by atoms with Crippen molar-refractivity contribution in [2.24, 2.45) is 0 Å². The smallest absolute Gasteiger partial charge is 0.0949 e. The highest BCUT2D eigenvalue weighted by Gasteiger charge is 2.14. The summed E-state index contributed by atoms with van der Waals surface area (Å²) in [6.45, 7) is 7.45. The molecule has 0 amide bonds. The van der Waals surface area contributed by atoms with Gasteiger partial charge in [0.25, 0.3) is 0 Å². The predicted octanol–water partition coefficient (Wildman–Crippen LogP) is 4.81. The molecule has 1 unspecified atom stereocenters. The zero-order valence-corrected chi connectivity index (χ0v) is 14.6. The number of nitrogens with zero attached hydrogens (tertiary/aromatic N) is 1. The van der Waals surface area contributed by atoms with Crippen LogP contribution in [0.3, 0.4) is 0 Å². The van der Waals surface area contributed by atoms with Gasteiger partial charge in [-0.1, -0.05) is 35.0 Å². The van der Waals surface area contributed by atoms with E-state index in [9.17, 15) is 0 Å². The molecule has 2 rings (SSSR count). The number of rotatable bonds is 6. The fourth-order valence-electron chi connectivity index (χ4n) is 2.15. The maximum Gasteiger partial charge on any atom is 0.0949 e. The topological polar surface area (TPSA) is 24.9 Å². The lowest BCUT2D eigenvalue weighted by Gasteiger charge is -2.18. The van der Waals surface area contributed by atoms with E-state index >= 15 is 0 Å². The van der Waals surface area contributed by atoms with Gasteiger partial charge in [-0.15, -0.1) is 11.3 Å². The monoisotopic (exact) mass is 352 g/mol. The van der Waals surface area contributed by atoms with Crippen LogP contribution < -0.4 is 5.32 Å². The maximum atomic E-state index is 4.67. The molecule has 0 bridgehead atoms. The van der Waals surface area contributed by atoms with Gasteiger partial charge in [0.2, 0.25) is 0 Å². The van der Waals surface area contributed by atoms with Crippen molar-refractivity contribution in [2.45, 2.75) is 39.7 Å². The Morgan fingerprint density at radius 3 is 2.75 bits per heavy atom. The van der Waals surface area contributed by atoms with Crippen LogP contribution in [-0.4, -0.2) is 11.5 Å². The number of aromatic nitrogens is 1. The highest BCUT2D eigenvalue weighted by atomic mass is 79.9. The van der Waals surface area contributed by atoms with Crippen LogP contribution in [0.15, 0.2) is 28.7 Å². The predicted molar refractivity (Wildman–Crippen MR) is 90.5 cm³/mol. The maximum absolute atomic E-state index is 4.67. The Morgan fingerprint density at radius 1 is 1.35 bits per heavy atom. The Labute approximate surface area is 133 Å². The highest BCUT2D eigenvalue weighted by molar-refractivity contribution is 9.10.